The summed E-state index contributed by atoms with van der Waals surface area (Å²) in [5, 5.41) is 17.6. The van der Waals surface area contributed by atoms with E-state index < -0.39 is 11.9 Å². The van der Waals surface area contributed by atoms with Crippen molar-refractivity contribution >= 4 is 5.97 Å². The topological polar surface area (TPSA) is 96.3 Å². The third-order valence-corrected chi connectivity index (χ3v) is 2.29. The molecule has 0 saturated heterocycles. The van der Waals surface area contributed by atoms with Crippen LogP contribution in [0.15, 0.2) is 28.9 Å². The highest BCUT2D eigenvalue weighted by molar-refractivity contribution is 5.83. The van der Waals surface area contributed by atoms with E-state index in [9.17, 15) is 4.79 Å². The lowest BCUT2D eigenvalue weighted by Gasteiger charge is -2.05. The molecule has 0 aliphatic carbocycles. The van der Waals surface area contributed by atoms with E-state index in [4.69, 9.17) is 19.5 Å². The largest absolute Gasteiger partial charge is 0.496 e. The fourth-order valence-corrected chi connectivity index (χ4v) is 1.47. The highest BCUT2D eigenvalue weighted by Gasteiger charge is 2.15. The molecule has 0 spiro atoms. The highest BCUT2D eigenvalue weighted by Crippen LogP contribution is 2.30. The zero-order valence-corrected chi connectivity index (χ0v) is 9.38. The highest BCUT2D eigenvalue weighted by atomic mass is 16.5. The fourth-order valence-electron chi connectivity index (χ4n) is 1.47. The lowest BCUT2D eigenvalue weighted by molar-refractivity contribution is 0.0653. The van der Waals surface area contributed by atoms with E-state index in [-0.39, 0.29) is 0 Å². The first-order chi connectivity index (χ1) is 8.65. The first-order valence-corrected chi connectivity index (χ1v) is 4.93. The van der Waals surface area contributed by atoms with Crippen molar-refractivity contribution in [1.29, 1.82) is 5.26 Å². The smallest absolute Gasteiger partial charge is 0.392 e. The molecule has 1 aromatic heterocycles. The van der Waals surface area contributed by atoms with Crippen molar-refractivity contribution in [3.05, 3.63) is 35.9 Å². The molecular formula is C12H8N2O4. The molecule has 2 aromatic rings. The molecule has 0 saturated carbocycles. The van der Waals surface area contributed by atoms with Gasteiger partial charge in [-0.25, -0.2) is 9.78 Å². The number of hydrogen-bond donors (Lipinski definition) is 1. The van der Waals surface area contributed by atoms with E-state index in [0.717, 1.165) is 0 Å². The van der Waals surface area contributed by atoms with Crippen LogP contribution in [-0.2, 0) is 0 Å². The second-order valence-corrected chi connectivity index (χ2v) is 3.37. The zero-order valence-electron chi connectivity index (χ0n) is 9.38. The number of nitriles is 1. The van der Waals surface area contributed by atoms with Crippen LogP contribution >= 0.6 is 0 Å². The molecule has 0 atom stereocenters. The maximum atomic E-state index is 10.7. The van der Waals surface area contributed by atoms with E-state index >= 15 is 0 Å². The number of carbonyl (C=O) groups is 1. The Morgan fingerprint density at radius 1 is 1.56 bits per heavy atom. The number of oxazole rings is 1. The van der Waals surface area contributed by atoms with Gasteiger partial charge in [-0.05, 0) is 18.2 Å². The quantitative estimate of drug-likeness (QED) is 0.885. The monoisotopic (exact) mass is 244 g/mol. The standard InChI is InChI=1S/C12H8N2O4/c1-17-10-3-2-7(5-13)4-8(10)9-6-18-11(14-9)12(15)16/h2-4,6H,1H3,(H,15,16). The predicted molar refractivity (Wildman–Crippen MR) is 60.2 cm³/mol. The summed E-state index contributed by atoms with van der Waals surface area (Å²) in [5.41, 5.74) is 1.24. The van der Waals surface area contributed by atoms with Crippen LogP contribution in [0.1, 0.15) is 16.2 Å². The van der Waals surface area contributed by atoms with E-state index in [1.54, 1.807) is 18.2 Å². The van der Waals surface area contributed by atoms with Crippen LogP contribution in [0.3, 0.4) is 0 Å². The van der Waals surface area contributed by atoms with Crippen LogP contribution in [0.2, 0.25) is 0 Å². The van der Waals surface area contributed by atoms with Crippen molar-refractivity contribution in [1.82, 2.24) is 4.98 Å². The molecule has 0 aliphatic rings. The number of aromatic nitrogens is 1. The molecule has 1 heterocycles. The molecule has 2 rings (SSSR count). The number of rotatable bonds is 3. The van der Waals surface area contributed by atoms with Gasteiger partial charge in [0.2, 0.25) is 0 Å². The predicted octanol–water partition coefficient (Wildman–Crippen LogP) is 1.92. The van der Waals surface area contributed by atoms with Crippen LogP contribution in [0.4, 0.5) is 0 Å². The van der Waals surface area contributed by atoms with Gasteiger partial charge in [0, 0.05) is 5.56 Å². The number of carboxylic acids is 1. The van der Waals surface area contributed by atoms with Crippen molar-refractivity contribution in [3.8, 4) is 23.1 Å². The Morgan fingerprint density at radius 3 is 2.89 bits per heavy atom. The van der Waals surface area contributed by atoms with E-state index in [1.807, 2.05) is 6.07 Å². The Balaban J connectivity index is 2.54. The van der Waals surface area contributed by atoms with Gasteiger partial charge >= 0.3 is 11.9 Å². The van der Waals surface area contributed by atoms with Crippen molar-refractivity contribution in [3.63, 3.8) is 0 Å². The molecule has 0 radical (unpaired) electrons. The lowest BCUT2D eigenvalue weighted by Crippen LogP contribution is -1.96. The molecule has 1 aromatic carbocycles. The van der Waals surface area contributed by atoms with E-state index in [1.165, 1.54) is 13.4 Å². The summed E-state index contributed by atoms with van der Waals surface area (Å²) >= 11 is 0. The van der Waals surface area contributed by atoms with Gasteiger partial charge in [0.05, 0.1) is 18.7 Å². The summed E-state index contributed by atoms with van der Waals surface area (Å²) in [6, 6.07) is 6.76. The molecule has 90 valence electrons. The maximum Gasteiger partial charge on any atom is 0.392 e. The average molecular weight is 244 g/mol. The fraction of sp³-hybridized carbons (Fsp3) is 0.0833. The molecule has 6 nitrogen and oxygen atoms in total. The number of methoxy groups -OCH3 is 1. The first-order valence-electron chi connectivity index (χ1n) is 4.93. The number of hydrogen-bond acceptors (Lipinski definition) is 5. The Hall–Kier alpha value is -2.81. The molecule has 1 N–H and O–H groups in total. The summed E-state index contributed by atoms with van der Waals surface area (Å²) in [6.45, 7) is 0. The summed E-state index contributed by atoms with van der Waals surface area (Å²) in [4.78, 5) is 14.5. The van der Waals surface area contributed by atoms with Gasteiger partial charge in [-0.15, -0.1) is 0 Å². The Kier molecular flexibility index (Phi) is 2.98. The summed E-state index contributed by atoms with van der Waals surface area (Å²) in [7, 11) is 1.48. The van der Waals surface area contributed by atoms with Gasteiger partial charge in [-0.2, -0.15) is 5.26 Å². The first kappa shape index (κ1) is 11.7. The second-order valence-electron chi connectivity index (χ2n) is 3.37. The van der Waals surface area contributed by atoms with Gasteiger partial charge in [-0.1, -0.05) is 0 Å². The number of carboxylic acid groups (broad SMARTS) is 1. The summed E-state index contributed by atoms with van der Waals surface area (Å²) in [6.07, 6.45) is 1.21. The molecule has 0 fully saturated rings. The van der Waals surface area contributed by atoms with Crippen molar-refractivity contribution in [2.45, 2.75) is 0 Å². The molecule has 0 aliphatic heterocycles. The maximum absolute atomic E-state index is 10.7. The molecule has 0 amide bonds. The number of benzene rings is 1. The van der Waals surface area contributed by atoms with Gasteiger partial charge in [0.15, 0.2) is 0 Å². The Bertz CT molecular complexity index is 640. The van der Waals surface area contributed by atoms with E-state index in [2.05, 4.69) is 4.98 Å². The minimum absolute atomic E-state index is 0.307. The van der Waals surface area contributed by atoms with Gasteiger partial charge in [0.1, 0.15) is 17.7 Å². The van der Waals surface area contributed by atoms with E-state index in [0.29, 0.717) is 22.6 Å². The third kappa shape index (κ3) is 2.01. The van der Waals surface area contributed by atoms with Crippen LogP contribution in [0.5, 0.6) is 5.75 Å². The number of nitrogens with zero attached hydrogens (tertiary/aromatic N) is 2. The SMILES string of the molecule is COc1ccc(C#N)cc1-c1coc(C(=O)O)n1. The average Bonchev–Trinajstić information content (AvgIpc) is 2.87. The molecule has 18 heavy (non-hydrogen) atoms. The number of aromatic carboxylic acids is 1. The molecule has 0 bridgehead atoms. The Morgan fingerprint density at radius 2 is 2.33 bits per heavy atom. The van der Waals surface area contributed by atoms with Crippen molar-refractivity contribution in [2.24, 2.45) is 0 Å². The molecule has 0 unspecified atom stereocenters. The van der Waals surface area contributed by atoms with Crippen LogP contribution in [-0.4, -0.2) is 23.2 Å². The summed E-state index contributed by atoms with van der Waals surface area (Å²) < 4.78 is 9.93. The second kappa shape index (κ2) is 4.59. The van der Waals surface area contributed by atoms with Crippen LogP contribution in [0.25, 0.3) is 11.3 Å². The van der Waals surface area contributed by atoms with Crippen LogP contribution < -0.4 is 4.74 Å². The lowest BCUT2D eigenvalue weighted by atomic mass is 10.1. The minimum Gasteiger partial charge on any atom is -0.496 e. The van der Waals surface area contributed by atoms with Crippen molar-refractivity contribution < 1.29 is 19.1 Å². The molecule has 6 heteroatoms. The van der Waals surface area contributed by atoms with Crippen LogP contribution in [0, 0.1) is 11.3 Å². The Labute approximate surface area is 102 Å². The minimum atomic E-state index is -1.25. The van der Waals surface area contributed by atoms with Gasteiger partial charge in [0.25, 0.3) is 0 Å². The normalized spacial score (nSPS) is 9.78. The third-order valence-electron chi connectivity index (χ3n) is 2.29. The van der Waals surface area contributed by atoms with Gasteiger partial charge in [-0.3, -0.25) is 0 Å². The molecular weight excluding hydrogens is 236 g/mol. The van der Waals surface area contributed by atoms with Crippen molar-refractivity contribution in [2.75, 3.05) is 7.11 Å². The zero-order chi connectivity index (χ0) is 13.1. The summed E-state index contributed by atoms with van der Waals surface area (Å²) in [5.74, 6) is -1.18. The van der Waals surface area contributed by atoms with Gasteiger partial charge < -0.3 is 14.3 Å². The number of ether oxygens (including phenoxy) is 1.